The fourth-order valence-electron chi connectivity index (χ4n) is 2.08. The highest BCUT2D eigenvalue weighted by Crippen LogP contribution is 2.16. The van der Waals surface area contributed by atoms with Crippen LogP contribution in [0.4, 0.5) is 8.78 Å². The van der Waals surface area contributed by atoms with Crippen LogP contribution in [0, 0.1) is 11.6 Å². The summed E-state index contributed by atoms with van der Waals surface area (Å²) in [5.74, 6) is -0.344. The van der Waals surface area contributed by atoms with E-state index in [0.29, 0.717) is 18.4 Å². The van der Waals surface area contributed by atoms with Crippen molar-refractivity contribution in [2.45, 2.75) is 19.8 Å². The summed E-state index contributed by atoms with van der Waals surface area (Å²) in [6.45, 7) is 1.88. The van der Waals surface area contributed by atoms with Gasteiger partial charge in [-0.3, -0.25) is 0 Å². The second-order valence-corrected chi connectivity index (χ2v) is 4.98. The van der Waals surface area contributed by atoms with Crippen molar-refractivity contribution in [2.75, 3.05) is 7.11 Å². The number of benzene rings is 2. The Morgan fingerprint density at radius 2 is 1.52 bits per heavy atom. The van der Waals surface area contributed by atoms with Crippen molar-refractivity contribution in [3.8, 4) is 5.75 Å². The number of hydrogen-bond donors (Lipinski definition) is 0. The average molecular weight is 316 g/mol. The van der Waals surface area contributed by atoms with Gasteiger partial charge in [-0.15, -0.1) is 0 Å². The smallest absolute Gasteiger partial charge is 0.129 e. The molecule has 0 atom stereocenters. The van der Waals surface area contributed by atoms with Crippen LogP contribution in [0.3, 0.4) is 0 Å². The van der Waals surface area contributed by atoms with Crippen LogP contribution in [-0.2, 0) is 6.42 Å². The molecular weight excluding hydrogens is 298 g/mol. The Morgan fingerprint density at radius 3 is 2.04 bits per heavy atom. The zero-order valence-electron chi connectivity index (χ0n) is 13.1. The highest BCUT2D eigenvalue weighted by atomic mass is 19.1. The van der Waals surface area contributed by atoms with Crippen molar-refractivity contribution in [2.24, 2.45) is 10.2 Å². The second kappa shape index (κ2) is 8.17. The van der Waals surface area contributed by atoms with Crippen LogP contribution in [0.2, 0.25) is 0 Å². The van der Waals surface area contributed by atoms with Gasteiger partial charge in [0.1, 0.15) is 17.4 Å². The summed E-state index contributed by atoms with van der Waals surface area (Å²) < 4.78 is 32.6. The maximum absolute atomic E-state index is 13.8. The molecule has 0 saturated carbocycles. The molecule has 0 amide bonds. The lowest BCUT2D eigenvalue weighted by Crippen LogP contribution is -1.97. The lowest BCUT2D eigenvalue weighted by molar-refractivity contribution is 0.415. The molecule has 0 heterocycles. The monoisotopic (exact) mass is 316 g/mol. The molecular formula is C18H18F2N2O. The highest BCUT2D eigenvalue weighted by molar-refractivity contribution is 5.82. The molecule has 0 spiro atoms. The van der Waals surface area contributed by atoms with E-state index in [9.17, 15) is 8.78 Å². The summed E-state index contributed by atoms with van der Waals surface area (Å²) in [5, 5.41) is 7.69. The van der Waals surface area contributed by atoms with E-state index in [-0.39, 0.29) is 5.56 Å². The van der Waals surface area contributed by atoms with Gasteiger partial charge in [-0.05, 0) is 48.4 Å². The quantitative estimate of drug-likeness (QED) is 0.575. The molecule has 0 saturated heterocycles. The predicted octanol–water partition coefficient (Wildman–Crippen LogP) is 4.38. The van der Waals surface area contributed by atoms with E-state index >= 15 is 0 Å². The standard InChI is InChI=1S/C18H18F2N2O/c1-3-4-16-17(19)9-14(10-18(16)20)12-22-21-11-13-5-7-15(23-2)8-6-13/h5-12H,3-4H2,1-2H3/b21-11+,22-12+. The van der Waals surface area contributed by atoms with Crippen LogP contribution in [-0.4, -0.2) is 19.5 Å². The van der Waals surface area contributed by atoms with Gasteiger partial charge in [-0.25, -0.2) is 8.78 Å². The first-order chi connectivity index (χ1) is 11.1. The third kappa shape index (κ3) is 4.71. The molecule has 0 bridgehead atoms. The number of rotatable bonds is 6. The minimum absolute atomic E-state index is 0.117. The molecule has 3 nitrogen and oxygen atoms in total. The number of nitrogens with zero attached hydrogens (tertiary/aromatic N) is 2. The van der Waals surface area contributed by atoms with Gasteiger partial charge in [0.05, 0.1) is 19.5 Å². The van der Waals surface area contributed by atoms with Crippen LogP contribution >= 0.6 is 0 Å². The second-order valence-electron chi connectivity index (χ2n) is 4.98. The fraction of sp³-hybridized carbons (Fsp3) is 0.222. The summed E-state index contributed by atoms with van der Waals surface area (Å²) in [6.07, 6.45) is 3.94. The maximum Gasteiger partial charge on any atom is 0.129 e. The first kappa shape index (κ1) is 16.8. The first-order valence-corrected chi connectivity index (χ1v) is 7.32. The van der Waals surface area contributed by atoms with Gasteiger partial charge >= 0.3 is 0 Å². The lowest BCUT2D eigenvalue weighted by atomic mass is 10.1. The van der Waals surface area contributed by atoms with Crippen LogP contribution in [0.5, 0.6) is 5.75 Å². The molecule has 23 heavy (non-hydrogen) atoms. The average Bonchev–Trinajstić information content (AvgIpc) is 2.55. The topological polar surface area (TPSA) is 34.0 Å². The minimum atomic E-state index is -0.549. The molecule has 2 aromatic rings. The van der Waals surface area contributed by atoms with E-state index in [1.165, 1.54) is 18.3 Å². The molecule has 0 aliphatic carbocycles. The summed E-state index contributed by atoms with van der Waals surface area (Å²) in [4.78, 5) is 0. The van der Waals surface area contributed by atoms with E-state index in [1.807, 2.05) is 31.2 Å². The molecule has 0 aromatic heterocycles. The summed E-state index contributed by atoms with van der Waals surface area (Å²) >= 11 is 0. The van der Waals surface area contributed by atoms with Gasteiger partial charge in [0.2, 0.25) is 0 Å². The molecule has 5 heteroatoms. The Morgan fingerprint density at radius 1 is 0.957 bits per heavy atom. The molecule has 0 aliphatic heterocycles. The fourth-order valence-corrected chi connectivity index (χ4v) is 2.08. The van der Waals surface area contributed by atoms with E-state index in [0.717, 1.165) is 11.3 Å². The Hall–Kier alpha value is -2.56. The first-order valence-electron chi connectivity index (χ1n) is 7.32. The van der Waals surface area contributed by atoms with Gasteiger partial charge in [0, 0.05) is 11.1 Å². The molecule has 0 unspecified atom stereocenters. The third-order valence-electron chi connectivity index (χ3n) is 3.26. The Labute approximate surface area is 134 Å². The number of hydrogen-bond acceptors (Lipinski definition) is 3. The van der Waals surface area contributed by atoms with Gasteiger partial charge in [-0.1, -0.05) is 13.3 Å². The minimum Gasteiger partial charge on any atom is -0.497 e. The predicted molar refractivity (Wildman–Crippen MR) is 88.5 cm³/mol. The molecule has 120 valence electrons. The van der Waals surface area contributed by atoms with E-state index in [2.05, 4.69) is 10.2 Å². The van der Waals surface area contributed by atoms with E-state index in [1.54, 1.807) is 13.3 Å². The largest absolute Gasteiger partial charge is 0.497 e. The Balaban J connectivity index is 2.06. The normalized spacial score (nSPS) is 11.5. The lowest BCUT2D eigenvalue weighted by Gasteiger charge is -2.04. The van der Waals surface area contributed by atoms with Crippen LogP contribution in [0.1, 0.15) is 30.0 Å². The molecule has 0 N–H and O–H groups in total. The van der Waals surface area contributed by atoms with Crippen molar-refractivity contribution >= 4 is 12.4 Å². The Bertz CT molecular complexity index is 686. The van der Waals surface area contributed by atoms with Gasteiger partial charge in [0.25, 0.3) is 0 Å². The van der Waals surface area contributed by atoms with Crippen molar-refractivity contribution in [1.29, 1.82) is 0 Å². The van der Waals surface area contributed by atoms with E-state index in [4.69, 9.17) is 4.74 Å². The van der Waals surface area contributed by atoms with Crippen LogP contribution in [0.15, 0.2) is 46.6 Å². The van der Waals surface area contributed by atoms with Gasteiger partial charge in [-0.2, -0.15) is 10.2 Å². The molecule has 2 aromatic carbocycles. The van der Waals surface area contributed by atoms with Crippen LogP contribution < -0.4 is 4.74 Å². The Kier molecular flexibility index (Phi) is 5.97. The molecule has 2 rings (SSSR count). The molecule has 0 aliphatic rings. The molecule has 0 radical (unpaired) electrons. The van der Waals surface area contributed by atoms with E-state index < -0.39 is 11.6 Å². The molecule has 0 fully saturated rings. The zero-order valence-corrected chi connectivity index (χ0v) is 13.1. The SMILES string of the molecule is CCCc1c(F)cc(/C=N/N=C/c2ccc(OC)cc2)cc1F. The maximum atomic E-state index is 13.8. The number of ether oxygens (including phenoxy) is 1. The van der Waals surface area contributed by atoms with Crippen molar-refractivity contribution in [1.82, 2.24) is 0 Å². The number of halogens is 2. The van der Waals surface area contributed by atoms with Crippen molar-refractivity contribution in [3.63, 3.8) is 0 Å². The summed E-state index contributed by atoms with van der Waals surface area (Å²) in [6, 6.07) is 9.80. The van der Waals surface area contributed by atoms with Gasteiger partial charge < -0.3 is 4.74 Å². The van der Waals surface area contributed by atoms with Crippen LogP contribution in [0.25, 0.3) is 0 Å². The number of methoxy groups -OCH3 is 1. The van der Waals surface area contributed by atoms with Gasteiger partial charge in [0.15, 0.2) is 0 Å². The zero-order chi connectivity index (χ0) is 16.7. The van der Waals surface area contributed by atoms with Crippen molar-refractivity contribution in [3.05, 3.63) is 64.7 Å². The third-order valence-corrected chi connectivity index (χ3v) is 3.26. The highest BCUT2D eigenvalue weighted by Gasteiger charge is 2.09. The summed E-state index contributed by atoms with van der Waals surface area (Å²) in [7, 11) is 1.59. The van der Waals surface area contributed by atoms with Crippen molar-refractivity contribution < 1.29 is 13.5 Å². The summed E-state index contributed by atoms with van der Waals surface area (Å²) in [5.41, 5.74) is 1.30.